The van der Waals surface area contributed by atoms with E-state index < -0.39 is 17.7 Å². The minimum atomic E-state index is -0.702. The monoisotopic (exact) mass is 400 g/mol. The van der Waals surface area contributed by atoms with Crippen molar-refractivity contribution in [3.8, 4) is 5.75 Å². The molecule has 0 saturated carbocycles. The number of hydrogen-bond acceptors (Lipinski definition) is 5. The van der Waals surface area contributed by atoms with Crippen LogP contribution in [0.3, 0.4) is 0 Å². The maximum atomic E-state index is 13.0. The fraction of sp³-hybridized carbons (Fsp3) is 0.125. The first-order valence-corrected chi connectivity index (χ1v) is 9.47. The summed E-state index contributed by atoms with van der Waals surface area (Å²) in [6.45, 7) is 0.223. The molecule has 1 atom stereocenters. The van der Waals surface area contributed by atoms with Crippen LogP contribution in [0.5, 0.6) is 5.75 Å². The molecule has 2 heterocycles. The third-order valence-corrected chi connectivity index (χ3v) is 5.12. The van der Waals surface area contributed by atoms with Crippen LogP contribution in [0.4, 0.5) is 0 Å². The summed E-state index contributed by atoms with van der Waals surface area (Å²) in [7, 11) is 1.59. The van der Waals surface area contributed by atoms with Gasteiger partial charge in [0, 0.05) is 24.5 Å². The number of pyridine rings is 1. The number of nitrogens with zero attached hydrogens (tertiary/aromatic N) is 2. The van der Waals surface area contributed by atoms with E-state index in [-0.39, 0.29) is 17.9 Å². The van der Waals surface area contributed by atoms with E-state index in [0.29, 0.717) is 11.3 Å². The van der Waals surface area contributed by atoms with Crippen LogP contribution in [0.2, 0.25) is 0 Å². The van der Waals surface area contributed by atoms with Gasteiger partial charge in [-0.05, 0) is 35.4 Å². The third kappa shape index (κ3) is 3.55. The number of hydrogen-bond donors (Lipinski definition) is 1. The van der Waals surface area contributed by atoms with E-state index in [4.69, 9.17) is 4.74 Å². The van der Waals surface area contributed by atoms with Crippen LogP contribution in [-0.2, 0) is 16.1 Å². The lowest BCUT2D eigenvalue weighted by Gasteiger charge is -2.25. The molecule has 1 N–H and O–H groups in total. The highest BCUT2D eigenvalue weighted by Crippen LogP contribution is 2.40. The number of aliphatic hydroxyl groups is 1. The number of amides is 1. The molecule has 6 heteroatoms. The van der Waals surface area contributed by atoms with E-state index in [9.17, 15) is 14.7 Å². The number of rotatable bonds is 5. The number of aromatic nitrogens is 1. The zero-order valence-electron chi connectivity index (χ0n) is 16.4. The molecule has 1 amide bonds. The average Bonchev–Trinajstić information content (AvgIpc) is 3.05. The lowest BCUT2D eigenvalue weighted by molar-refractivity contribution is -0.140. The lowest BCUT2D eigenvalue weighted by atomic mass is 9.95. The fourth-order valence-electron chi connectivity index (χ4n) is 3.62. The normalized spacial score (nSPS) is 17.9. The molecule has 1 fully saturated rings. The second-order valence-corrected chi connectivity index (χ2v) is 6.92. The summed E-state index contributed by atoms with van der Waals surface area (Å²) in [5, 5.41) is 10.9. The van der Waals surface area contributed by atoms with Gasteiger partial charge in [-0.15, -0.1) is 0 Å². The first-order valence-electron chi connectivity index (χ1n) is 9.47. The van der Waals surface area contributed by atoms with Crippen LogP contribution >= 0.6 is 0 Å². The number of Topliss-reactive ketones (excluding diaryl/α,β-unsaturated/α-hetero) is 1. The first-order chi connectivity index (χ1) is 14.6. The van der Waals surface area contributed by atoms with Crippen LogP contribution in [0.25, 0.3) is 5.76 Å². The SMILES string of the molecule is COc1ccc(CN2C(=O)C(=O)/C(=C(\O)c3ccncc3)C2c2ccccc2)cc1. The van der Waals surface area contributed by atoms with Crippen molar-refractivity contribution in [3.63, 3.8) is 0 Å². The number of ketones is 1. The van der Waals surface area contributed by atoms with Crippen molar-refractivity contribution >= 4 is 17.4 Å². The highest BCUT2D eigenvalue weighted by Gasteiger charge is 2.45. The molecule has 0 radical (unpaired) electrons. The van der Waals surface area contributed by atoms with Crippen LogP contribution < -0.4 is 4.74 Å². The van der Waals surface area contributed by atoms with Crippen molar-refractivity contribution in [3.05, 3.63) is 101 Å². The first kappa shape index (κ1) is 19.4. The molecule has 1 unspecified atom stereocenters. The molecule has 150 valence electrons. The minimum absolute atomic E-state index is 0.0749. The largest absolute Gasteiger partial charge is 0.507 e. The zero-order chi connectivity index (χ0) is 21.1. The van der Waals surface area contributed by atoms with Crippen LogP contribution in [0.15, 0.2) is 84.7 Å². The van der Waals surface area contributed by atoms with Crippen molar-refractivity contribution in [2.75, 3.05) is 7.11 Å². The van der Waals surface area contributed by atoms with Crippen LogP contribution in [0, 0.1) is 0 Å². The van der Waals surface area contributed by atoms with E-state index in [1.165, 1.54) is 17.3 Å². The maximum Gasteiger partial charge on any atom is 0.295 e. The van der Waals surface area contributed by atoms with Gasteiger partial charge in [-0.3, -0.25) is 14.6 Å². The second-order valence-electron chi connectivity index (χ2n) is 6.92. The van der Waals surface area contributed by atoms with Gasteiger partial charge in [-0.2, -0.15) is 0 Å². The topological polar surface area (TPSA) is 79.7 Å². The number of likely N-dealkylation sites (tertiary alicyclic amines) is 1. The van der Waals surface area contributed by atoms with Crippen LogP contribution in [0.1, 0.15) is 22.7 Å². The molecular weight excluding hydrogens is 380 g/mol. The highest BCUT2D eigenvalue weighted by atomic mass is 16.5. The molecule has 4 rings (SSSR count). The number of benzene rings is 2. The molecule has 1 aromatic heterocycles. The molecule has 2 aromatic carbocycles. The van der Waals surface area contributed by atoms with Gasteiger partial charge in [0.15, 0.2) is 0 Å². The molecule has 30 heavy (non-hydrogen) atoms. The number of methoxy groups -OCH3 is 1. The van der Waals surface area contributed by atoms with E-state index in [1.807, 2.05) is 42.5 Å². The molecule has 6 nitrogen and oxygen atoms in total. The molecular formula is C24H20N2O4. The Balaban J connectivity index is 1.81. The Hall–Kier alpha value is -3.93. The van der Waals surface area contributed by atoms with Crippen molar-refractivity contribution in [2.24, 2.45) is 0 Å². The van der Waals surface area contributed by atoms with Crippen molar-refractivity contribution < 1.29 is 19.4 Å². The molecule has 0 bridgehead atoms. The van der Waals surface area contributed by atoms with E-state index in [0.717, 1.165) is 11.1 Å². The summed E-state index contributed by atoms with van der Waals surface area (Å²) in [5.74, 6) is -0.845. The molecule has 1 saturated heterocycles. The van der Waals surface area contributed by atoms with E-state index >= 15 is 0 Å². The quantitative estimate of drug-likeness (QED) is 0.401. The molecule has 0 aliphatic carbocycles. The molecule has 1 aliphatic heterocycles. The Morgan fingerprint density at radius 2 is 1.67 bits per heavy atom. The number of carbonyl (C=O) groups is 2. The molecule has 0 spiro atoms. The standard InChI is InChI=1S/C24H20N2O4/c1-30-19-9-7-16(8-10-19)15-26-21(17-5-3-2-4-6-17)20(23(28)24(26)29)22(27)18-11-13-25-14-12-18/h2-14,21,27H,15H2,1H3/b22-20-. The van der Waals surface area contributed by atoms with Gasteiger partial charge < -0.3 is 14.7 Å². The smallest absolute Gasteiger partial charge is 0.295 e. The summed E-state index contributed by atoms with van der Waals surface area (Å²) in [6, 6.07) is 19.1. The third-order valence-electron chi connectivity index (χ3n) is 5.12. The Kier molecular flexibility index (Phi) is 5.30. The van der Waals surface area contributed by atoms with Gasteiger partial charge in [0.1, 0.15) is 11.5 Å². The lowest BCUT2D eigenvalue weighted by Crippen LogP contribution is -2.29. The summed E-state index contributed by atoms with van der Waals surface area (Å²) in [5.41, 5.74) is 2.11. The zero-order valence-corrected chi connectivity index (χ0v) is 16.4. The van der Waals surface area contributed by atoms with Crippen molar-refractivity contribution in [1.29, 1.82) is 0 Å². The average molecular weight is 400 g/mol. The summed E-state index contributed by atoms with van der Waals surface area (Å²) >= 11 is 0. The summed E-state index contributed by atoms with van der Waals surface area (Å²) in [4.78, 5) is 31.4. The molecule has 1 aliphatic rings. The Labute approximate surface area is 174 Å². The Morgan fingerprint density at radius 3 is 2.30 bits per heavy atom. The van der Waals surface area contributed by atoms with Gasteiger partial charge in [0.05, 0.1) is 18.7 Å². The van der Waals surface area contributed by atoms with Gasteiger partial charge in [-0.1, -0.05) is 42.5 Å². The summed E-state index contributed by atoms with van der Waals surface area (Å²) in [6.07, 6.45) is 3.06. The van der Waals surface area contributed by atoms with E-state index in [2.05, 4.69) is 4.98 Å². The van der Waals surface area contributed by atoms with Crippen LogP contribution in [-0.4, -0.2) is 33.8 Å². The highest BCUT2D eigenvalue weighted by molar-refractivity contribution is 6.46. The van der Waals surface area contributed by atoms with Gasteiger partial charge >= 0.3 is 0 Å². The van der Waals surface area contributed by atoms with Gasteiger partial charge in [0.25, 0.3) is 11.7 Å². The summed E-state index contributed by atoms with van der Waals surface area (Å²) < 4.78 is 5.19. The predicted molar refractivity (Wildman–Crippen MR) is 112 cm³/mol. The van der Waals surface area contributed by atoms with Gasteiger partial charge in [-0.25, -0.2) is 0 Å². The van der Waals surface area contributed by atoms with Crippen molar-refractivity contribution in [1.82, 2.24) is 9.88 Å². The number of aliphatic hydroxyl groups excluding tert-OH is 1. The predicted octanol–water partition coefficient (Wildman–Crippen LogP) is 3.71. The van der Waals surface area contributed by atoms with Gasteiger partial charge in [0.2, 0.25) is 0 Å². The molecule has 3 aromatic rings. The maximum absolute atomic E-state index is 13.0. The Bertz CT molecular complexity index is 1090. The fourth-order valence-corrected chi connectivity index (χ4v) is 3.62. The minimum Gasteiger partial charge on any atom is -0.507 e. The van der Waals surface area contributed by atoms with E-state index in [1.54, 1.807) is 31.4 Å². The second kappa shape index (κ2) is 8.21. The number of carbonyl (C=O) groups excluding carboxylic acids is 2. The Morgan fingerprint density at radius 1 is 1.00 bits per heavy atom. The van der Waals surface area contributed by atoms with Crippen molar-refractivity contribution in [2.45, 2.75) is 12.6 Å². The number of ether oxygens (including phenoxy) is 1.